The summed E-state index contributed by atoms with van der Waals surface area (Å²) in [6, 6.07) is 6.37. The van der Waals surface area contributed by atoms with Gasteiger partial charge in [0.15, 0.2) is 0 Å². The van der Waals surface area contributed by atoms with E-state index >= 15 is 0 Å². The van der Waals surface area contributed by atoms with Crippen molar-refractivity contribution in [2.45, 2.75) is 30.7 Å². The van der Waals surface area contributed by atoms with Crippen LogP contribution in [-0.4, -0.2) is 32.1 Å². The second kappa shape index (κ2) is 5.58. The lowest BCUT2D eigenvalue weighted by Crippen LogP contribution is -2.34. The standard InChI is InChI=1S/C12H18N2O4S/c1-12(2,8-11(15)16)14-9-6-4-5-7-10(9)19(17,18)13-3/h4-7,13-14H,8H2,1-3H3,(H,15,16). The smallest absolute Gasteiger partial charge is 0.305 e. The molecule has 1 aromatic rings. The van der Waals surface area contributed by atoms with Crippen molar-refractivity contribution in [1.29, 1.82) is 0 Å². The number of hydrogen-bond acceptors (Lipinski definition) is 4. The summed E-state index contributed by atoms with van der Waals surface area (Å²) in [5, 5.41) is 11.8. The van der Waals surface area contributed by atoms with Gasteiger partial charge in [0.25, 0.3) is 0 Å². The van der Waals surface area contributed by atoms with Gasteiger partial charge in [0, 0.05) is 5.54 Å². The number of sulfonamides is 1. The molecule has 0 aliphatic carbocycles. The van der Waals surface area contributed by atoms with Crippen LogP contribution in [0.15, 0.2) is 29.2 Å². The lowest BCUT2D eigenvalue weighted by atomic mass is 10.0. The first kappa shape index (κ1) is 15.5. The van der Waals surface area contributed by atoms with Crippen LogP contribution in [0.1, 0.15) is 20.3 Å². The lowest BCUT2D eigenvalue weighted by molar-refractivity contribution is -0.137. The number of carboxylic acids is 1. The molecule has 0 amide bonds. The van der Waals surface area contributed by atoms with Crippen molar-refractivity contribution in [2.24, 2.45) is 0 Å². The highest BCUT2D eigenvalue weighted by molar-refractivity contribution is 7.89. The van der Waals surface area contributed by atoms with Crippen molar-refractivity contribution in [3.63, 3.8) is 0 Å². The molecule has 1 rings (SSSR count). The third-order valence-electron chi connectivity index (χ3n) is 2.51. The number of rotatable bonds is 6. The van der Waals surface area contributed by atoms with Crippen LogP contribution in [0, 0.1) is 0 Å². The number of benzene rings is 1. The van der Waals surface area contributed by atoms with Gasteiger partial charge in [-0.2, -0.15) is 0 Å². The Morgan fingerprint density at radius 3 is 2.42 bits per heavy atom. The molecule has 0 aliphatic rings. The summed E-state index contributed by atoms with van der Waals surface area (Å²) in [5.41, 5.74) is -0.381. The third-order valence-corrected chi connectivity index (χ3v) is 3.98. The average Bonchev–Trinajstić information content (AvgIpc) is 2.27. The summed E-state index contributed by atoms with van der Waals surface area (Å²) in [6.45, 7) is 3.40. The predicted molar refractivity (Wildman–Crippen MR) is 72.6 cm³/mol. The van der Waals surface area contributed by atoms with Gasteiger partial charge in [-0.3, -0.25) is 4.79 Å². The molecule has 3 N–H and O–H groups in total. The van der Waals surface area contributed by atoms with E-state index < -0.39 is 21.5 Å². The first-order chi connectivity index (χ1) is 8.68. The molecule has 6 nitrogen and oxygen atoms in total. The van der Waals surface area contributed by atoms with Crippen LogP contribution >= 0.6 is 0 Å². The second-order valence-electron chi connectivity index (χ2n) is 4.78. The van der Waals surface area contributed by atoms with E-state index in [-0.39, 0.29) is 11.3 Å². The molecule has 7 heteroatoms. The Balaban J connectivity index is 3.13. The molecule has 0 bridgehead atoms. The van der Waals surface area contributed by atoms with E-state index in [9.17, 15) is 13.2 Å². The minimum Gasteiger partial charge on any atom is -0.481 e. The zero-order valence-electron chi connectivity index (χ0n) is 11.1. The summed E-state index contributed by atoms with van der Waals surface area (Å²) in [4.78, 5) is 10.9. The maximum absolute atomic E-state index is 11.9. The lowest BCUT2D eigenvalue weighted by Gasteiger charge is -2.26. The molecule has 0 saturated heterocycles. The first-order valence-electron chi connectivity index (χ1n) is 5.70. The molecule has 0 heterocycles. The van der Waals surface area contributed by atoms with E-state index in [1.165, 1.54) is 13.1 Å². The number of aliphatic carboxylic acids is 1. The molecular formula is C12H18N2O4S. The quantitative estimate of drug-likeness (QED) is 0.731. The highest BCUT2D eigenvalue weighted by atomic mass is 32.2. The summed E-state index contributed by atoms with van der Waals surface area (Å²) in [6.07, 6.45) is -0.124. The minimum atomic E-state index is -3.59. The van der Waals surface area contributed by atoms with Gasteiger partial charge in [-0.15, -0.1) is 0 Å². The predicted octanol–water partition coefficient (Wildman–Crippen LogP) is 1.26. The van der Waals surface area contributed by atoms with Crippen molar-refractivity contribution in [3.05, 3.63) is 24.3 Å². The van der Waals surface area contributed by atoms with Crippen LogP contribution in [0.25, 0.3) is 0 Å². The van der Waals surface area contributed by atoms with Crippen LogP contribution < -0.4 is 10.0 Å². The SMILES string of the molecule is CNS(=O)(=O)c1ccccc1NC(C)(C)CC(=O)O. The van der Waals surface area contributed by atoms with Gasteiger partial charge < -0.3 is 10.4 Å². The molecule has 106 valence electrons. The Morgan fingerprint density at radius 1 is 1.32 bits per heavy atom. The summed E-state index contributed by atoms with van der Waals surface area (Å²) < 4.78 is 26.0. The van der Waals surface area contributed by atoms with Crippen LogP contribution in [0.4, 0.5) is 5.69 Å². The van der Waals surface area contributed by atoms with Crippen LogP contribution in [0.2, 0.25) is 0 Å². The fourth-order valence-corrected chi connectivity index (χ4v) is 2.59. The Bertz CT molecular complexity index is 567. The normalized spacial score (nSPS) is 12.2. The Hall–Kier alpha value is -1.60. The van der Waals surface area contributed by atoms with Gasteiger partial charge in [-0.05, 0) is 33.0 Å². The topological polar surface area (TPSA) is 95.5 Å². The maximum Gasteiger partial charge on any atom is 0.305 e. The van der Waals surface area contributed by atoms with Crippen molar-refractivity contribution < 1.29 is 18.3 Å². The zero-order chi connectivity index (χ0) is 14.7. The van der Waals surface area contributed by atoms with Crippen molar-refractivity contribution in [2.75, 3.05) is 12.4 Å². The third kappa shape index (κ3) is 4.22. The number of carboxylic acid groups (broad SMARTS) is 1. The maximum atomic E-state index is 11.9. The highest BCUT2D eigenvalue weighted by Gasteiger charge is 2.24. The number of para-hydroxylation sites is 1. The van der Waals surface area contributed by atoms with E-state index in [1.807, 2.05) is 0 Å². The van der Waals surface area contributed by atoms with Crippen LogP contribution in [0.5, 0.6) is 0 Å². The van der Waals surface area contributed by atoms with Crippen molar-refractivity contribution in [1.82, 2.24) is 4.72 Å². The van der Waals surface area contributed by atoms with E-state index in [2.05, 4.69) is 10.0 Å². The van der Waals surface area contributed by atoms with E-state index in [1.54, 1.807) is 32.0 Å². The molecule has 0 atom stereocenters. The van der Waals surface area contributed by atoms with Gasteiger partial charge in [0.05, 0.1) is 12.1 Å². The zero-order valence-corrected chi connectivity index (χ0v) is 11.9. The van der Waals surface area contributed by atoms with Crippen LogP contribution in [0.3, 0.4) is 0 Å². The van der Waals surface area contributed by atoms with Crippen LogP contribution in [-0.2, 0) is 14.8 Å². The van der Waals surface area contributed by atoms with Gasteiger partial charge in [0.2, 0.25) is 10.0 Å². The fourth-order valence-electron chi connectivity index (χ4n) is 1.70. The number of nitrogens with one attached hydrogen (secondary N) is 2. The molecule has 0 radical (unpaired) electrons. The molecule has 0 unspecified atom stereocenters. The summed E-state index contributed by atoms with van der Waals surface area (Å²) in [5.74, 6) is -0.952. The molecule has 1 aromatic carbocycles. The Labute approximate surface area is 112 Å². The van der Waals surface area contributed by atoms with Gasteiger partial charge in [0.1, 0.15) is 4.90 Å². The van der Waals surface area contributed by atoms with E-state index in [0.717, 1.165) is 0 Å². The minimum absolute atomic E-state index is 0.0935. The highest BCUT2D eigenvalue weighted by Crippen LogP contribution is 2.25. The number of anilines is 1. The number of carbonyl (C=O) groups is 1. The largest absolute Gasteiger partial charge is 0.481 e. The molecule has 0 aromatic heterocycles. The Morgan fingerprint density at radius 2 is 1.89 bits per heavy atom. The molecule has 0 spiro atoms. The van der Waals surface area contributed by atoms with E-state index in [0.29, 0.717) is 5.69 Å². The van der Waals surface area contributed by atoms with Gasteiger partial charge in [-0.25, -0.2) is 13.1 Å². The summed E-state index contributed by atoms with van der Waals surface area (Å²) >= 11 is 0. The van der Waals surface area contributed by atoms with Gasteiger partial charge in [-0.1, -0.05) is 12.1 Å². The van der Waals surface area contributed by atoms with Gasteiger partial charge >= 0.3 is 5.97 Å². The first-order valence-corrected chi connectivity index (χ1v) is 7.19. The van der Waals surface area contributed by atoms with Crippen molar-refractivity contribution >= 4 is 21.7 Å². The fraction of sp³-hybridized carbons (Fsp3) is 0.417. The van der Waals surface area contributed by atoms with Crippen molar-refractivity contribution in [3.8, 4) is 0 Å². The second-order valence-corrected chi connectivity index (χ2v) is 6.64. The average molecular weight is 286 g/mol. The molecular weight excluding hydrogens is 268 g/mol. The molecule has 0 saturated carbocycles. The molecule has 19 heavy (non-hydrogen) atoms. The Kier molecular flexibility index (Phi) is 4.54. The monoisotopic (exact) mass is 286 g/mol. The number of hydrogen-bond donors (Lipinski definition) is 3. The van der Waals surface area contributed by atoms with E-state index in [4.69, 9.17) is 5.11 Å². The molecule has 0 aliphatic heterocycles. The summed E-state index contributed by atoms with van der Waals surface area (Å²) in [7, 11) is -2.26. The molecule has 0 fully saturated rings.